The molecule has 0 aromatic heterocycles. The molecule has 0 bridgehead atoms. The molecule has 5 nitrogen and oxygen atoms in total. The first-order chi connectivity index (χ1) is 15.6. The Balaban J connectivity index is 1.45. The molecular formula is C25H21NO4S2. The Hall–Kier alpha value is -3.29. The maximum Gasteiger partial charge on any atom is 0.263 e. The van der Waals surface area contributed by atoms with Crippen molar-refractivity contribution in [2.24, 2.45) is 0 Å². The predicted molar refractivity (Wildman–Crippen MR) is 131 cm³/mol. The van der Waals surface area contributed by atoms with Gasteiger partial charge in [-0.15, -0.1) is 0 Å². The van der Waals surface area contributed by atoms with E-state index in [0.717, 1.165) is 16.7 Å². The van der Waals surface area contributed by atoms with E-state index in [1.807, 2.05) is 72.8 Å². The first kappa shape index (κ1) is 21.9. The molecule has 1 amide bonds. The van der Waals surface area contributed by atoms with Crippen molar-refractivity contribution in [2.75, 3.05) is 7.11 Å². The highest BCUT2D eigenvalue weighted by atomic mass is 32.2. The van der Waals surface area contributed by atoms with Gasteiger partial charge in [-0.3, -0.25) is 4.79 Å². The van der Waals surface area contributed by atoms with Gasteiger partial charge in [0.1, 0.15) is 23.3 Å². The minimum absolute atomic E-state index is 0.189. The van der Waals surface area contributed by atoms with Crippen LogP contribution in [-0.2, 0) is 18.0 Å². The molecule has 0 unspecified atom stereocenters. The van der Waals surface area contributed by atoms with Gasteiger partial charge in [-0.2, -0.15) is 0 Å². The van der Waals surface area contributed by atoms with Crippen LogP contribution in [0.3, 0.4) is 0 Å². The van der Waals surface area contributed by atoms with E-state index >= 15 is 0 Å². The minimum Gasteiger partial charge on any atom is -0.493 e. The van der Waals surface area contributed by atoms with Gasteiger partial charge in [0.05, 0.1) is 12.0 Å². The number of amides is 1. The molecule has 7 heteroatoms. The maximum absolute atomic E-state index is 12.0. The minimum atomic E-state index is -0.189. The van der Waals surface area contributed by atoms with E-state index in [1.165, 1.54) is 11.8 Å². The molecular weight excluding hydrogens is 442 g/mol. The topological polar surface area (TPSA) is 56.8 Å². The van der Waals surface area contributed by atoms with Crippen molar-refractivity contribution < 1.29 is 19.0 Å². The van der Waals surface area contributed by atoms with E-state index in [9.17, 15) is 4.79 Å². The quantitative estimate of drug-likeness (QED) is 0.359. The first-order valence-electron chi connectivity index (χ1n) is 9.92. The molecule has 3 aromatic carbocycles. The maximum atomic E-state index is 12.0. The van der Waals surface area contributed by atoms with Gasteiger partial charge < -0.3 is 19.5 Å². The molecule has 0 saturated carbocycles. The van der Waals surface area contributed by atoms with E-state index in [1.54, 1.807) is 13.2 Å². The highest BCUT2D eigenvalue weighted by molar-refractivity contribution is 8.26. The van der Waals surface area contributed by atoms with Crippen LogP contribution in [0.2, 0.25) is 0 Å². The lowest BCUT2D eigenvalue weighted by molar-refractivity contribution is -0.115. The summed E-state index contributed by atoms with van der Waals surface area (Å²) in [7, 11) is 1.62. The van der Waals surface area contributed by atoms with Crippen LogP contribution in [0.4, 0.5) is 0 Å². The lowest BCUT2D eigenvalue weighted by Gasteiger charge is -2.14. The van der Waals surface area contributed by atoms with Crippen molar-refractivity contribution in [1.29, 1.82) is 0 Å². The molecule has 1 heterocycles. The normalized spacial score (nSPS) is 14.3. The van der Waals surface area contributed by atoms with Crippen molar-refractivity contribution in [3.05, 3.63) is 94.4 Å². The second-order valence-electron chi connectivity index (χ2n) is 6.94. The van der Waals surface area contributed by atoms with Crippen LogP contribution in [-0.4, -0.2) is 17.3 Å². The number of hydrogen-bond donors (Lipinski definition) is 1. The number of thioether (sulfide) groups is 1. The lowest BCUT2D eigenvalue weighted by Crippen LogP contribution is -2.17. The summed E-state index contributed by atoms with van der Waals surface area (Å²) in [6.45, 7) is 0.803. The molecule has 162 valence electrons. The summed E-state index contributed by atoms with van der Waals surface area (Å²) in [4.78, 5) is 12.5. The zero-order valence-corrected chi connectivity index (χ0v) is 19.0. The van der Waals surface area contributed by atoms with Gasteiger partial charge in [0, 0.05) is 5.56 Å². The summed E-state index contributed by atoms with van der Waals surface area (Å²) in [5, 5.41) is 2.62. The van der Waals surface area contributed by atoms with Crippen molar-refractivity contribution in [3.8, 4) is 17.2 Å². The Bertz CT molecular complexity index is 1160. The van der Waals surface area contributed by atoms with Gasteiger partial charge in [-0.05, 0) is 35.4 Å². The number of hydrogen-bond acceptors (Lipinski definition) is 6. The van der Waals surface area contributed by atoms with E-state index in [2.05, 4.69) is 5.32 Å². The van der Waals surface area contributed by atoms with Crippen LogP contribution < -0.4 is 19.5 Å². The van der Waals surface area contributed by atoms with Crippen LogP contribution in [0.25, 0.3) is 6.08 Å². The third-order valence-corrected chi connectivity index (χ3v) is 5.87. The molecule has 1 aliphatic heterocycles. The van der Waals surface area contributed by atoms with Crippen LogP contribution in [0.1, 0.15) is 16.7 Å². The van der Waals surface area contributed by atoms with Crippen molar-refractivity contribution in [1.82, 2.24) is 5.32 Å². The Kier molecular flexibility index (Phi) is 7.09. The van der Waals surface area contributed by atoms with E-state index in [-0.39, 0.29) is 5.91 Å². The number of ether oxygens (including phenoxy) is 3. The number of carbonyl (C=O) groups is 1. The second-order valence-corrected chi connectivity index (χ2v) is 8.66. The number of nitrogens with one attached hydrogen (secondary N) is 1. The molecule has 0 aliphatic carbocycles. The summed E-state index contributed by atoms with van der Waals surface area (Å²) in [6, 6.07) is 23.3. The standard InChI is InChI=1S/C25H21NO4S2/c1-28-22-13-18(11-12-21(22)30-15-17-7-3-2-4-8-17)16-29-20-10-6-5-9-19(20)14-23-24(27)26-25(31)32-23/h2-14H,15-16H2,1H3,(H,26,27,31). The zero-order chi connectivity index (χ0) is 22.3. The number of thiocarbonyl (C=S) groups is 1. The molecule has 1 aliphatic rings. The molecule has 1 saturated heterocycles. The van der Waals surface area contributed by atoms with Gasteiger partial charge >= 0.3 is 0 Å². The van der Waals surface area contributed by atoms with E-state index in [4.69, 9.17) is 26.4 Å². The van der Waals surface area contributed by atoms with Crippen LogP contribution >= 0.6 is 24.0 Å². The largest absolute Gasteiger partial charge is 0.493 e. The average Bonchev–Trinajstić information content (AvgIpc) is 3.14. The molecule has 0 spiro atoms. The van der Waals surface area contributed by atoms with Gasteiger partial charge in [0.2, 0.25) is 0 Å². The molecule has 1 fully saturated rings. The van der Waals surface area contributed by atoms with E-state index in [0.29, 0.717) is 39.7 Å². The smallest absolute Gasteiger partial charge is 0.263 e. The highest BCUT2D eigenvalue weighted by Gasteiger charge is 2.22. The fraction of sp³-hybridized carbons (Fsp3) is 0.120. The van der Waals surface area contributed by atoms with Gasteiger partial charge in [-0.1, -0.05) is 78.6 Å². The first-order valence-corrected chi connectivity index (χ1v) is 11.1. The van der Waals surface area contributed by atoms with E-state index < -0.39 is 0 Å². The zero-order valence-electron chi connectivity index (χ0n) is 17.4. The molecule has 1 N–H and O–H groups in total. The number of carbonyl (C=O) groups excluding carboxylic acids is 1. The Morgan fingerprint density at radius 1 is 0.875 bits per heavy atom. The summed E-state index contributed by atoms with van der Waals surface area (Å²) >= 11 is 6.30. The van der Waals surface area contributed by atoms with Crippen LogP contribution in [0.15, 0.2) is 77.7 Å². The fourth-order valence-corrected chi connectivity index (χ4v) is 4.15. The van der Waals surface area contributed by atoms with Crippen LogP contribution in [0, 0.1) is 0 Å². The van der Waals surface area contributed by atoms with Gasteiger partial charge in [-0.25, -0.2) is 0 Å². The highest BCUT2D eigenvalue weighted by Crippen LogP contribution is 2.31. The van der Waals surface area contributed by atoms with Crippen LogP contribution in [0.5, 0.6) is 17.2 Å². The number of methoxy groups -OCH3 is 1. The summed E-state index contributed by atoms with van der Waals surface area (Å²) in [5.41, 5.74) is 2.83. The predicted octanol–water partition coefficient (Wildman–Crippen LogP) is 5.34. The lowest BCUT2D eigenvalue weighted by atomic mass is 10.1. The summed E-state index contributed by atoms with van der Waals surface area (Å²) < 4.78 is 17.9. The second kappa shape index (κ2) is 10.3. The molecule has 32 heavy (non-hydrogen) atoms. The van der Waals surface area contributed by atoms with Gasteiger partial charge in [0.15, 0.2) is 11.5 Å². The molecule has 4 rings (SSSR count). The average molecular weight is 464 g/mol. The Morgan fingerprint density at radius 2 is 1.59 bits per heavy atom. The van der Waals surface area contributed by atoms with Crippen molar-refractivity contribution in [2.45, 2.75) is 13.2 Å². The third kappa shape index (κ3) is 5.49. The number of para-hydroxylation sites is 1. The number of rotatable bonds is 8. The SMILES string of the molecule is COc1cc(COc2ccccc2C=C2SC(=S)NC2=O)ccc1OCc1ccccc1. The molecule has 3 aromatic rings. The van der Waals surface area contributed by atoms with Crippen molar-refractivity contribution >= 4 is 40.3 Å². The Morgan fingerprint density at radius 3 is 2.34 bits per heavy atom. The monoisotopic (exact) mass is 463 g/mol. The number of benzene rings is 3. The third-order valence-electron chi connectivity index (χ3n) is 4.71. The summed E-state index contributed by atoms with van der Waals surface area (Å²) in [6.07, 6.45) is 1.79. The summed E-state index contributed by atoms with van der Waals surface area (Å²) in [5.74, 6) is 1.80. The van der Waals surface area contributed by atoms with Crippen molar-refractivity contribution in [3.63, 3.8) is 0 Å². The Labute approximate surface area is 196 Å². The molecule has 0 atom stereocenters. The molecule has 0 radical (unpaired) electrons. The van der Waals surface area contributed by atoms with Gasteiger partial charge in [0.25, 0.3) is 5.91 Å². The fourth-order valence-electron chi connectivity index (χ4n) is 3.11.